The number of nitrogen functional groups attached to an aromatic ring is 1. The smallest absolute Gasteiger partial charge is 0.323 e. The van der Waals surface area contributed by atoms with Gasteiger partial charge >= 0.3 is 6.01 Å². The molecule has 1 atom stereocenters. The lowest BCUT2D eigenvalue weighted by molar-refractivity contribution is 0.312. The molecule has 0 aliphatic heterocycles. The molecule has 108 valence electrons. The number of nitrogens with zero attached hydrogens (tertiary/aromatic N) is 3. The number of ether oxygens (including phenoxy) is 1. The molecule has 9 heteroatoms. The summed E-state index contributed by atoms with van der Waals surface area (Å²) in [5.74, 6) is 5.95. The fourth-order valence-electron chi connectivity index (χ4n) is 1.51. The van der Waals surface area contributed by atoms with E-state index >= 15 is 0 Å². The van der Waals surface area contributed by atoms with E-state index in [1.54, 1.807) is 0 Å². The average Bonchev–Trinajstić information content (AvgIpc) is 2.85. The maximum atomic E-state index is 5.92. The molecule has 2 aromatic heterocycles. The molecule has 20 heavy (non-hydrogen) atoms. The molecule has 0 saturated heterocycles. The Bertz CT molecular complexity index is 578. The van der Waals surface area contributed by atoms with Crippen molar-refractivity contribution in [2.24, 2.45) is 5.84 Å². The van der Waals surface area contributed by atoms with Crippen molar-refractivity contribution >= 4 is 34.8 Å². The molecule has 0 fully saturated rings. The maximum absolute atomic E-state index is 5.92. The second-order valence-corrected chi connectivity index (χ2v) is 5.60. The number of nitrogens with two attached hydrogens (primary N) is 1. The molecule has 1 unspecified atom stereocenters. The highest BCUT2D eigenvalue weighted by Crippen LogP contribution is 2.28. The number of aromatic nitrogens is 3. The Labute approximate surface area is 125 Å². The molecule has 0 aliphatic rings. The number of thiophene rings is 1. The first-order valence-corrected chi connectivity index (χ1v) is 7.19. The monoisotopic (exact) mass is 314 g/mol. The molecule has 0 aromatic carbocycles. The van der Waals surface area contributed by atoms with Crippen LogP contribution in [-0.2, 0) is 0 Å². The van der Waals surface area contributed by atoms with Crippen molar-refractivity contribution < 1.29 is 4.74 Å². The summed E-state index contributed by atoms with van der Waals surface area (Å²) >= 11 is 7.42. The molecule has 4 N–H and O–H groups in total. The van der Waals surface area contributed by atoms with Gasteiger partial charge in [-0.1, -0.05) is 11.6 Å². The fraction of sp³-hybridized carbons (Fsp3) is 0.364. The normalized spacial score (nSPS) is 12.0. The third kappa shape index (κ3) is 3.69. The van der Waals surface area contributed by atoms with Crippen molar-refractivity contribution in [2.75, 3.05) is 17.3 Å². The summed E-state index contributed by atoms with van der Waals surface area (Å²) in [5.41, 5.74) is 2.38. The van der Waals surface area contributed by atoms with E-state index in [0.717, 1.165) is 9.21 Å². The van der Waals surface area contributed by atoms with Gasteiger partial charge < -0.3 is 10.1 Å². The van der Waals surface area contributed by atoms with Gasteiger partial charge in [0.25, 0.3) is 0 Å². The van der Waals surface area contributed by atoms with E-state index in [0.29, 0.717) is 12.6 Å². The lowest BCUT2D eigenvalue weighted by atomic mass is 10.3. The summed E-state index contributed by atoms with van der Waals surface area (Å²) < 4.78 is 6.00. The van der Waals surface area contributed by atoms with Crippen LogP contribution < -0.4 is 21.3 Å². The predicted molar refractivity (Wildman–Crippen MR) is 80.2 cm³/mol. The van der Waals surface area contributed by atoms with Crippen LogP contribution in [0.5, 0.6) is 6.01 Å². The molecule has 0 amide bonds. The summed E-state index contributed by atoms with van der Waals surface area (Å²) in [6, 6.07) is 4.03. The van der Waals surface area contributed by atoms with E-state index in [-0.39, 0.29) is 18.0 Å². The quantitative estimate of drug-likeness (QED) is 0.556. The number of rotatable bonds is 6. The van der Waals surface area contributed by atoms with Gasteiger partial charge in [0.05, 0.1) is 17.0 Å². The van der Waals surface area contributed by atoms with Crippen LogP contribution in [-0.4, -0.2) is 21.6 Å². The SMILES string of the molecule is CCOc1nc(NN)nc(NC(C)c2ccc(Cl)s2)n1. The zero-order valence-electron chi connectivity index (χ0n) is 11.1. The first kappa shape index (κ1) is 14.8. The number of anilines is 2. The fourth-order valence-corrected chi connectivity index (χ4v) is 2.57. The molecule has 2 heterocycles. The summed E-state index contributed by atoms with van der Waals surface area (Å²) in [6.45, 7) is 4.30. The van der Waals surface area contributed by atoms with Crippen LogP contribution in [0.3, 0.4) is 0 Å². The molecular weight excluding hydrogens is 300 g/mol. The lowest BCUT2D eigenvalue weighted by Crippen LogP contribution is -2.15. The van der Waals surface area contributed by atoms with Crippen LogP contribution in [0.2, 0.25) is 4.34 Å². The van der Waals surface area contributed by atoms with E-state index in [2.05, 4.69) is 25.7 Å². The summed E-state index contributed by atoms with van der Waals surface area (Å²) in [5, 5.41) is 3.16. The highest BCUT2D eigenvalue weighted by Gasteiger charge is 2.12. The lowest BCUT2D eigenvalue weighted by Gasteiger charge is -2.13. The minimum Gasteiger partial charge on any atom is -0.464 e. The Morgan fingerprint density at radius 2 is 2.10 bits per heavy atom. The Hall–Kier alpha value is -1.64. The van der Waals surface area contributed by atoms with E-state index in [1.165, 1.54) is 11.3 Å². The third-order valence-corrected chi connectivity index (χ3v) is 3.80. The molecule has 0 bridgehead atoms. The highest BCUT2D eigenvalue weighted by atomic mass is 35.5. The molecule has 2 aromatic rings. The highest BCUT2D eigenvalue weighted by molar-refractivity contribution is 7.16. The van der Waals surface area contributed by atoms with E-state index in [1.807, 2.05) is 26.0 Å². The standard InChI is InChI=1S/C11H15ClN6OS/c1-3-19-11-16-9(15-10(17-11)18-13)14-6(2)7-4-5-8(12)20-7/h4-6H,3,13H2,1-2H3,(H2,14,15,16,17,18). The second-order valence-electron chi connectivity index (χ2n) is 3.85. The first-order valence-electron chi connectivity index (χ1n) is 5.99. The molecule has 0 saturated carbocycles. The first-order chi connectivity index (χ1) is 9.62. The van der Waals surface area contributed by atoms with Gasteiger partial charge in [0.15, 0.2) is 0 Å². The molecule has 0 spiro atoms. The Morgan fingerprint density at radius 3 is 2.70 bits per heavy atom. The molecular formula is C11H15ClN6OS. The van der Waals surface area contributed by atoms with Crippen LogP contribution in [0.1, 0.15) is 24.8 Å². The zero-order chi connectivity index (χ0) is 14.5. The van der Waals surface area contributed by atoms with Gasteiger partial charge in [-0.3, -0.25) is 5.43 Å². The van der Waals surface area contributed by atoms with Crippen LogP contribution >= 0.6 is 22.9 Å². The van der Waals surface area contributed by atoms with Crippen molar-refractivity contribution in [2.45, 2.75) is 19.9 Å². The van der Waals surface area contributed by atoms with Crippen LogP contribution in [0.25, 0.3) is 0 Å². The number of hydrogen-bond donors (Lipinski definition) is 3. The maximum Gasteiger partial charge on any atom is 0.323 e. The van der Waals surface area contributed by atoms with Gasteiger partial charge in [-0.2, -0.15) is 15.0 Å². The molecule has 0 radical (unpaired) electrons. The number of hydrogen-bond acceptors (Lipinski definition) is 8. The van der Waals surface area contributed by atoms with Crippen molar-refractivity contribution in [3.63, 3.8) is 0 Å². The summed E-state index contributed by atoms with van der Waals surface area (Å²) in [7, 11) is 0. The Morgan fingerprint density at radius 1 is 1.35 bits per heavy atom. The van der Waals surface area contributed by atoms with Gasteiger partial charge in [0, 0.05) is 4.88 Å². The minimum absolute atomic E-state index is 0.00926. The molecule has 7 nitrogen and oxygen atoms in total. The van der Waals surface area contributed by atoms with Gasteiger partial charge in [-0.05, 0) is 26.0 Å². The minimum atomic E-state index is 0.00926. The largest absolute Gasteiger partial charge is 0.464 e. The number of halogens is 1. The Kier molecular flexibility index (Phi) is 4.94. The van der Waals surface area contributed by atoms with Crippen molar-refractivity contribution in [1.29, 1.82) is 0 Å². The zero-order valence-corrected chi connectivity index (χ0v) is 12.6. The van der Waals surface area contributed by atoms with Crippen molar-refractivity contribution in [3.8, 4) is 6.01 Å². The average molecular weight is 315 g/mol. The molecule has 2 rings (SSSR count). The third-order valence-electron chi connectivity index (χ3n) is 2.38. The van der Waals surface area contributed by atoms with Gasteiger partial charge in [0.2, 0.25) is 11.9 Å². The molecule has 0 aliphatic carbocycles. The van der Waals surface area contributed by atoms with E-state index in [9.17, 15) is 0 Å². The van der Waals surface area contributed by atoms with Crippen LogP contribution in [0, 0.1) is 0 Å². The van der Waals surface area contributed by atoms with Crippen LogP contribution in [0.4, 0.5) is 11.9 Å². The van der Waals surface area contributed by atoms with Gasteiger partial charge in [-0.25, -0.2) is 5.84 Å². The number of nitrogens with one attached hydrogen (secondary N) is 2. The summed E-state index contributed by atoms with van der Waals surface area (Å²) in [4.78, 5) is 13.4. The summed E-state index contributed by atoms with van der Waals surface area (Å²) in [6.07, 6.45) is 0. The van der Waals surface area contributed by atoms with Gasteiger partial charge in [-0.15, -0.1) is 11.3 Å². The Balaban J connectivity index is 2.17. The van der Waals surface area contributed by atoms with Crippen LogP contribution in [0.15, 0.2) is 12.1 Å². The second kappa shape index (κ2) is 6.69. The predicted octanol–water partition coefficient (Wildman–Crippen LogP) is 2.44. The van der Waals surface area contributed by atoms with Crippen molar-refractivity contribution in [1.82, 2.24) is 15.0 Å². The number of hydrazine groups is 1. The van der Waals surface area contributed by atoms with Gasteiger partial charge in [0.1, 0.15) is 0 Å². The topological polar surface area (TPSA) is 98.0 Å². The van der Waals surface area contributed by atoms with E-state index < -0.39 is 0 Å². The van der Waals surface area contributed by atoms with E-state index in [4.69, 9.17) is 22.2 Å². The van der Waals surface area contributed by atoms with Crippen molar-refractivity contribution in [3.05, 3.63) is 21.3 Å².